The molecule has 252 valence electrons. The molecule has 1 aromatic heterocycles. The highest BCUT2D eigenvalue weighted by Crippen LogP contribution is 2.45. The first-order valence-corrected chi connectivity index (χ1v) is 17.2. The van der Waals surface area contributed by atoms with Crippen LogP contribution in [-0.2, 0) is 25.6 Å². The molecule has 0 spiro atoms. The zero-order valence-corrected chi connectivity index (χ0v) is 27.5. The molecule has 1 saturated heterocycles. The van der Waals surface area contributed by atoms with E-state index >= 15 is 0 Å². The van der Waals surface area contributed by atoms with Gasteiger partial charge >= 0.3 is 5.97 Å². The van der Waals surface area contributed by atoms with E-state index in [1.807, 2.05) is 49.4 Å². The summed E-state index contributed by atoms with van der Waals surface area (Å²) in [6, 6.07) is 16.1. The van der Waals surface area contributed by atoms with Gasteiger partial charge in [0.1, 0.15) is 29.5 Å². The van der Waals surface area contributed by atoms with Gasteiger partial charge in [0.05, 0.1) is 17.8 Å². The number of hydrogen-bond acceptors (Lipinski definition) is 6. The number of carboxylic acid groups (broad SMARTS) is 1. The van der Waals surface area contributed by atoms with Crippen LogP contribution in [0, 0.1) is 5.92 Å². The van der Waals surface area contributed by atoms with E-state index in [2.05, 4.69) is 29.3 Å². The fraction of sp³-hybridized carbons (Fsp3) is 0.447. The zero-order valence-electron chi connectivity index (χ0n) is 27.5. The van der Waals surface area contributed by atoms with Crippen LogP contribution in [0.2, 0.25) is 0 Å². The molecule has 3 heterocycles. The van der Waals surface area contributed by atoms with Crippen molar-refractivity contribution >= 4 is 34.6 Å². The Hall–Kier alpha value is -4.73. The van der Waals surface area contributed by atoms with Gasteiger partial charge in [0, 0.05) is 35.8 Å². The van der Waals surface area contributed by atoms with Gasteiger partial charge in [-0.3, -0.25) is 14.4 Å². The molecular weight excluding hydrogens is 608 g/mol. The summed E-state index contributed by atoms with van der Waals surface area (Å²) in [6.45, 7) is 5.85. The van der Waals surface area contributed by atoms with E-state index in [4.69, 9.17) is 9.72 Å². The quantitative estimate of drug-likeness (QED) is 0.285. The van der Waals surface area contributed by atoms with Crippen LogP contribution in [0.1, 0.15) is 70.3 Å². The normalized spacial score (nSPS) is 26.0. The summed E-state index contributed by atoms with van der Waals surface area (Å²) in [5.74, 6) is -2.03. The van der Waals surface area contributed by atoms with E-state index in [1.165, 1.54) is 11.0 Å². The maximum atomic E-state index is 14.3. The lowest BCUT2D eigenvalue weighted by Crippen LogP contribution is -2.56. The number of carbonyl (C=O) groups excluding carboxylic acids is 3. The highest BCUT2D eigenvalue weighted by molar-refractivity contribution is 5.96. The van der Waals surface area contributed by atoms with Crippen LogP contribution >= 0.6 is 0 Å². The highest BCUT2D eigenvalue weighted by Gasteiger charge is 2.61. The van der Waals surface area contributed by atoms with Crippen LogP contribution in [0.25, 0.3) is 22.2 Å². The van der Waals surface area contributed by atoms with Gasteiger partial charge in [-0.25, -0.2) is 9.78 Å². The monoisotopic (exact) mass is 652 g/mol. The summed E-state index contributed by atoms with van der Waals surface area (Å²) >= 11 is 0. The second-order valence-corrected chi connectivity index (χ2v) is 13.3. The number of ether oxygens (including phenoxy) is 1. The number of unbranched alkanes of at least 4 members (excludes halogenated alkanes) is 1. The Morgan fingerprint density at radius 1 is 1.12 bits per heavy atom. The van der Waals surface area contributed by atoms with Crippen LogP contribution in [0.3, 0.4) is 0 Å². The Kier molecular flexibility index (Phi) is 9.80. The van der Waals surface area contributed by atoms with Gasteiger partial charge in [0.25, 0.3) is 0 Å². The number of fused-ring (bicyclic) bond motifs is 3. The number of nitrogens with one attached hydrogen (secondary N) is 2. The van der Waals surface area contributed by atoms with Gasteiger partial charge in [-0.2, -0.15) is 0 Å². The number of carboxylic acids is 1. The Labute approximate surface area is 280 Å². The Bertz CT molecular complexity index is 1710. The average molecular weight is 653 g/mol. The molecule has 1 aliphatic carbocycles. The van der Waals surface area contributed by atoms with Crippen molar-refractivity contribution in [1.82, 2.24) is 20.5 Å². The molecule has 4 bridgehead atoms. The maximum absolute atomic E-state index is 14.3. The summed E-state index contributed by atoms with van der Waals surface area (Å²) in [5, 5.41) is 16.6. The molecule has 3 aromatic rings. The smallest absolute Gasteiger partial charge is 0.330 e. The van der Waals surface area contributed by atoms with Crippen molar-refractivity contribution < 1.29 is 29.0 Å². The van der Waals surface area contributed by atoms with Crippen molar-refractivity contribution in [1.29, 1.82) is 0 Å². The Morgan fingerprint density at radius 2 is 1.92 bits per heavy atom. The van der Waals surface area contributed by atoms with Crippen molar-refractivity contribution in [2.24, 2.45) is 5.92 Å². The SMILES string of the molecule is C=C[C@H]1C[C@]1(NC(=O)[C@@H]1C[C@@H]2CN1C(=O)[C@H](CCCC)NC(=O)CCCCCc1ccc3nc(-c4ccccc4)cc(c3c1)O2)C(=O)O. The number of aryl methyl sites for hydroxylation is 1. The predicted molar refractivity (Wildman–Crippen MR) is 182 cm³/mol. The lowest BCUT2D eigenvalue weighted by atomic mass is 10.0. The number of aromatic nitrogens is 1. The Morgan fingerprint density at radius 3 is 2.65 bits per heavy atom. The molecule has 0 unspecified atom stereocenters. The molecule has 48 heavy (non-hydrogen) atoms. The summed E-state index contributed by atoms with van der Waals surface area (Å²) in [5.41, 5.74) is 2.14. The fourth-order valence-electron chi connectivity index (χ4n) is 7.05. The van der Waals surface area contributed by atoms with E-state index < -0.39 is 41.5 Å². The van der Waals surface area contributed by atoms with Gasteiger partial charge in [-0.1, -0.05) is 68.7 Å². The molecule has 10 nitrogen and oxygen atoms in total. The van der Waals surface area contributed by atoms with Gasteiger partial charge < -0.3 is 25.4 Å². The van der Waals surface area contributed by atoms with Crippen LogP contribution < -0.4 is 15.4 Å². The molecule has 3 aliphatic rings. The van der Waals surface area contributed by atoms with Crippen LogP contribution in [-0.4, -0.2) is 69.0 Å². The molecule has 3 amide bonds. The lowest BCUT2D eigenvalue weighted by Gasteiger charge is -2.29. The number of rotatable bonds is 8. The molecule has 0 radical (unpaired) electrons. The van der Waals surface area contributed by atoms with Crippen LogP contribution in [0.15, 0.2) is 67.3 Å². The minimum atomic E-state index is -1.45. The number of pyridine rings is 1. The van der Waals surface area contributed by atoms with Crippen molar-refractivity contribution in [3.8, 4) is 17.0 Å². The van der Waals surface area contributed by atoms with Crippen molar-refractivity contribution in [2.45, 2.75) is 94.9 Å². The van der Waals surface area contributed by atoms with Crippen molar-refractivity contribution in [2.75, 3.05) is 6.54 Å². The molecule has 2 aliphatic heterocycles. The van der Waals surface area contributed by atoms with E-state index in [9.17, 15) is 24.3 Å². The third-order valence-electron chi connectivity index (χ3n) is 9.92. The van der Waals surface area contributed by atoms with Crippen molar-refractivity contribution in [3.05, 3.63) is 72.8 Å². The molecule has 10 heteroatoms. The van der Waals surface area contributed by atoms with Gasteiger partial charge in [0.15, 0.2) is 0 Å². The molecular formula is C38H44N4O6. The van der Waals surface area contributed by atoms with Crippen LogP contribution in [0.4, 0.5) is 0 Å². The maximum Gasteiger partial charge on any atom is 0.330 e. The molecule has 5 atom stereocenters. The Balaban J connectivity index is 1.38. The molecule has 2 aromatic carbocycles. The van der Waals surface area contributed by atoms with E-state index in [-0.39, 0.29) is 31.2 Å². The van der Waals surface area contributed by atoms with Crippen molar-refractivity contribution in [3.63, 3.8) is 0 Å². The number of nitrogens with zero attached hydrogens (tertiary/aromatic N) is 2. The van der Waals surface area contributed by atoms with E-state index in [0.717, 1.165) is 59.8 Å². The van der Waals surface area contributed by atoms with Crippen LogP contribution in [0.5, 0.6) is 5.75 Å². The predicted octanol–water partition coefficient (Wildman–Crippen LogP) is 5.19. The lowest BCUT2D eigenvalue weighted by molar-refractivity contribution is -0.146. The summed E-state index contributed by atoms with van der Waals surface area (Å²) in [7, 11) is 0. The summed E-state index contributed by atoms with van der Waals surface area (Å²) < 4.78 is 6.73. The number of benzene rings is 2. The number of hydrogen-bond donors (Lipinski definition) is 3. The fourth-order valence-corrected chi connectivity index (χ4v) is 7.05. The number of carbonyl (C=O) groups is 4. The summed E-state index contributed by atoms with van der Waals surface area (Å²) in [6.07, 6.45) is 6.97. The standard InChI is InChI=1S/C38H44N4O6/c1-3-5-15-30-36(45)42-23-27(20-32(42)35(44)41-38(37(46)47)22-26(38)4-2)48-33-21-31(25-13-9-7-10-14-25)39-29-18-17-24(19-28(29)33)12-8-6-11-16-34(43)40-30/h4,7,9-10,13-14,17-19,21,26-27,30,32H,2-3,5-6,8,11-12,15-16,20,22-23H2,1H3,(H,40,43)(H,41,44)(H,46,47)/t26-,27+,30-,32-,38+/m0/s1. The first kappa shape index (κ1) is 33.2. The third-order valence-corrected chi connectivity index (χ3v) is 9.92. The molecule has 6 rings (SSSR count). The van der Waals surface area contributed by atoms with Gasteiger partial charge in [-0.05, 0) is 49.8 Å². The topological polar surface area (TPSA) is 138 Å². The first-order valence-electron chi connectivity index (χ1n) is 17.2. The first-order chi connectivity index (χ1) is 23.2. The minimum absolute atomic E-state index is 0.102. The highest BCUT2D eigenvalue weighted by atomic mass is 16.5. The number of aliphatic carboxylic acids is 1. The second-order valence-electron chi connectivity index (χ2n) is 13.3. The third kappa shape index (κ3) is 6.93. The summed E-state index contributed by atoms with van der Waals surface area (Å²) in [4.78, 5) is 59.9. The zero-order chi connectivity index (χ0) is 33.8. The average Bonchev–Trinajstić information content (AvgIpc) is 3.65. The largest absolute Gasteiger partial charge is 0.488 e. The van der Waals surface area contributed by atoms with Gasteiger partial charge in [-0.15, -0.1) is 6.58 Å². The second kappa shape index (κ2) is 14.2. The molecule has 2 fully saturated rings. The molecule has 1 saturated carbocycles. The van der Waals surface area contributed by atoms with Gasteiger partial charge in [0.2, 0.25) is 17.7 Å². The molecule has 3 N–H and O–H groups in total. The minimum Gasteiger partial charge on any atom is -0.488 e. The number of amides is 3. The van der Waals surface area contributed by atoms with E-state index in [0.29, 0.717) is 25.0 Å². The van der Waals surface area contributed by atoms with E-state index in [1.54, 1.807) is 0 Å².